The van der Waals surface area contributed by atoms with E-state index in [2.05, 4.69) is 15.3 Å². The highest BCUT2D eigenvalue weighted by Gasteiger charge is 2.13. The number of guanidine groups is 1. The summed E-state index contributed by atoms with van der Waals surface area (Å²) in [6, 6.07) is 3.44. The van der Waals surface area contributed by atoms with Crippen LogP contribution in [-0.2, 0) is 6.54 Å². The van der Waals surface area contributed by atoms with E-state index >= 15 is 0 Å². The molecule has 0 unspecified atom stereocenters. The van der Waals surface area contributed by atoms with Gasteiger partial charge in [-0.1, -0.05) is 19.3 Å². The summed E-state index contributed by atoms with van der Waals surface area (Å²) in [5, 5.41) is 3.23. The van der Waals surface area contributed by atoms with Crippen LogP contribution in [0.2, 0.25) is 0 Å². The zero-order chi connectivity index (χ0) is 12.8. The number of nitrogens with zero attached hydrogens (tertiary/aromatic N) is 2. The molecule has 3 N–H and O–H groups in total. The quantitative estimate of drug-likeness (QED) is 0.483. The Kier molecular flexibility index (Phi) is 7.04. The number of hydrogen-bond acceptors (Lipinski definition) is 2. The maximum absolute atomic E-state index is 12.7. The van der Waals surface area contributed by atoms with Crippen LogP contribution in [0, 0.1) is 5.82 Å². The number of nitrogens with one attached hydrogen (secondary N) is 1. The number of pyridine rings is 1. The summed E-state index contributed by atoms with van der Waals surface area (Å²) in [5.74, 6) is 0.115. The van der Waals surface area contributed by atoms with Gasteiger partial charge >= 0.3 is 0 Å². The fraction of sp³-hybridized carbons (Fsp3) is 0.538. The molecule has 1 aromatic rings. The van der Waals surface area contributed by atoms with Gasteiger partial charge in [-0.25, -0.2) is 9.38 Å². The Balaban J connectivity index is 0.00000180. The minimum atomic E-state index is -0.337. The molecule has 0 atom stereocenters. The topological polar surface area (TPSA) is 63.3 Å². The molecule has 1 aromatic heterocycles. The van der Waals surface area contributed by atoms with Crippen LogP contribution >= 0.6 is 24.0 Å². The van der Waals surface area contributed by atoms with Gasteiger partial charge in [0.25, 0.3) is 0 Å². The van der Waals surface area contributed by atoms with Crippen molar-refractivity contribution < 1.29 is 4.39 Å². The SMILES string of the molecule is I.NC(=NCc1ccc(F)cn1)NC1CCCCC1. The second kappa shape index (κ2) is 8.29. The minimum absolute atomic E-state index is 0. The van der Waals surface area contributed by atoms with E-state index in [-0.39, 0.29) is 29.8 Å². The predicted molar refractivity (Wildman–Crippen MR) is 84.9 cm³/mol. The van der Waals surface area contributed by atoms with Crippen LogP contribution in [0.4, 0.5) is 4.39 Å². The Morgan fingerprint density at radius 3 is 2.74 bits per heavy atom. The zero-order valence-corrected chi connectivity index (χ0v) is 13.1. The van der Waals surface area contributed by atoms with E-state index in [1.807, 2.05) is 0 Å². The molecule has 0 aliphatic heterocycles. The lowest BCUT2D eigenvalue weighted by Gasteiger charge is -2.23. The van der Waals surface area contributed by atoms with Gasteiger partial charge in [-0.2, -0.15) is 0 Å². The summed E-state index contributed by atoms with van der Waals surface area (Å²) in [6.45, 7) is 0.381. The maximum atomic E-state index is 12.7. The summed E-state index contributed by atoms with van der Waals surface area (Å²) < 4.78 is 12.7. The summed E-state index contributed by atoms with van der Waals surface area (Å²) in [7, 11) is 0. The fourth-order valence-corrected chi connectivity index (χ4v) is 2.17. The first-order valence-corrected chi connectivity index (χ1v) is 6.41. The van der Waals surface area contributed by atoms with Crippen molar-refractivity contribution in [2.75, 3.05) is 0 Å². The Hall–Kier alpha value is -0.920. The molecule has 19 heavy (non-hydrogen) atoms. The van der Waals surface area contributed by atoms with Crippen molar-refractivity contribution in [3.63, 3.8) is 0 Å². The van der Waals surface area contributed by atoms with Crippen molar-refractivity contribution in [2.24, 2.45) is 10.7 Å². The van der Waals surface area contributed by atoms with Gasteiger partial charge in [0.05, 0.1) is 18.4 Å². The smallest absolute Gasteiger partial charge is 0.189 e. The standard InChI is InChI=1S/C13H19FN4.HI/c14-10-6-7-12(16-8-10)9-17-13(15)18-11-4-2-1-3-5-11;/h6-8,11H,1-5,9H2,(H3,15,17,18);1H. The molecule has 0 amide bonds. The highest BCUT2D eigenvalue weighted by atomic mass is 127. The predicted octanol–water partition coefficient (Wildman–Crippen LogP) is 2.58. The van der Waals surface area contributed by atoms with E-state index in [0.717, 1.165) is 12.8 Å². The van der Waals surface area contributed by atoms with Crippen molar-refractivity contribution >= 4 is 29.9 Å². The minimum Gasteiger partial charge on any atom is -0.370 e. The largest absolute Gasteiger partial charge is 0.370 e. The van der Waals surface area contributed by atoms with Crippen molar-refractivity contribution in [2.45, 2.75) is 44.7 Å². The molecule has 1 aliphatic rings. The van der Waals surface area contributed by atoms with Crippen molar-refractivity contribution in [3.05, 3.63) is 29.8 Å². The lowest BCUT2D eigenvalue weighted by atomic mass is 9.96. The molecule has 2 rings (SSSR count). The average Bonchev–Trinajstić information content (AvgIpc) is 2.39. The van der Waals surface area contributed by atoms with E-state index in [1.165, 1.54) is 31.5 Å². The molecular formula is C13H20FIN4. The van der Waals surface area contributed by atoms with Gasteiger partial charge in [0.15, 0.2) is 5.96 Å². The third kappa shape index (κ3) is 5.71. The molecule has 4 nitrogen and oxygen atoms in total. The number of halogens is 2. The van der Waals surface area contributed by atoms with Crippen molar-refractivity contribution in [1.82, 2.24) is 10.3 Å². The van der Waals surface area contributed by atoms with Gasteiger partial charge in [-0.05, 0) is 25.0 Å². The van der Waals surface area contributed by atoms with Crippen LogP contribution in [0.3, 0.4) is 0 Å². The molecule has 0 aromatic carbocycles. The summed E-state index contributed by atoms with van der Waals surface area (Å²) in [6.07, 6.45) is 7.33. The van der Waals surface area contributed by atoms with E-state index in [1.54, 1.807) is 6.07 Å². The molecule has 1 fully saturated rings. The third-order valence-electron chi connectivity index (χ3n) is 3.16. The highest BCUT2D eigenvalue weighted by Crippen LogP contribution is 2.17. The van der Waals surface area contributed by atoms with E-state index in [4.69, 9.17) is 5.73 Å². The monoisotopic (exact) mass is 378 g/mol. The Morgan fingerprint density at radius 1 is 1.37 bits per heavy atom. The summed E-state index contributed by atoms with van der Waals surface area (Å²) in [5.41, 5.74) is 6.53. The first-order valence-electron chi connectivity index (χ1n) is 6.41. The number of aliphatic imine (C=N–C) groups is 1. The first-order chi connectivity index (χ1) is 8.74. The first kappa shape index (κ1) is 16.1. The van der Waals surface area contributed by atoms with Crippen LogP contribution in [-0.4, -0.2) is 17.0 Å². The summed E-state index contributed by atoms with van der Waals surface area (Å²) >= 11 is 0. The molecule has 0 radical (unpaired) electrons. The zero-order valence-electron chi connectivity index (χ0n) is 10.8. The summed E-state index contributed by atoms with van der Waals surface area (Å²) in [4.78, 5) is 8.15. The fourth-order valence-electron chi connectivity index (χ4n) is 2.17. The lowest BCUT2D eigenvalue weighted by molar-refractivity contribution is 0.412. The van der Waals surface area contributed by atoms with Gasteiger partial charge in [0, 0.05) is 6.04 Å². The maximum Gasteiger partial charge on any atom is 0.189 e. The second-order valence-electron chi connectivity index (χ2n) is 4.65. The van der Waals surface area contributed by atoms with Gasteiger partial charge in [0.1, 0.15) is 5.82 Å². The van der Waals surface area contributed by atoms with Gasteiger partial charge in [0.2, 0.25) is 0 Å². The molecule has 0 spiro atoms. The number of aromatic nitrogens is 1. The molecule has 1 aliphatic carbocycles. The molecule has 1 heterocycles. The molecule has 0 bridgehead atoms. The van der Waals surface area contributed by atoms with Gasteiger partial charge < -0.3 is 11.1 Å². The highest BCUT2D eigenvalue weighted by molar-refractivity contribution is 14.0. The van der Waals surface area contributed by atoms with E-state index in [0.29, 0.717) is 24.2 Å². The Labute approximate surface area is 130 Å². The average molecular weight is 378 g/mol. The van der Waals surface area contributed by atoms with Crippen LogP contribution < -0.4 is 11.1 Å². The third-order valence-corrected chi connectivity index (χ3v) is 3.16. The number of rotatable bonds is 3. The molecule has 106 valence electrons. The van der Waals surface area contributed by atoms with Gasteiger partial charge in [-0.3, -0.25) is 4.98 Å². The van der Waals surface area contributed by atoms with E-state index in [9.17, 15) is 4.39 Å². The van der Waals surface area contributed by atoms with Crippen LogP contribution in [0.15, 0.2) is 23.3 Å². The lowest BCUT2D eigenvalue weighted by Crippen LogP contribution is -2.41. The molecule has 0 saturated heterocycles. The normalized spacial score (nSPS) is 16.8. The van der Waals surface area contributed by atoms with Crippen LogP contribution in [0.1, 0.15) is 37.8 Å². The second-order valence-corrected chi connectivity index (χ2v) is 4.65. The van der Waals surface area contributed by atoms with Crippen LogP contribution in [0.25, 0.3) is 0 Å². The molecular weight excluding hydrogens is 358 g/mol. The Morgan fingerprint density at radius 2 is 2.11 bits per heavy atom. The van der Waals surface area contributed by atoms with E-state index < -0.39 is 0 Å². The number of nitrogens with two attached hydrogens (primary N) is 1. The van der Waals surface area contributed by atoms with Gasteiger partial charge in [-0.15, -0.1) is 24.0 Å². The van der Waals surface area contributed by atoms with Crippen molar-refractivity contribution in [1.29, 1.82) is 0 Å². The number of hydrogen-bond donors (Lipinski definition) is 2. The molecule has 6 heteroatoms. The Bertz CT molecular complexity index is 402. The molecule has 1 saturated carbocycles. The van der Waals surface area contributed by atoms with Crippen LogP contribution in [0.5, 0.6) is 0 Å². The van der Waals surface area contributed by atoms with Crippen molar-refractivity contribution in [3.8, 4) is 0 Å².